The molecule has 1 aromatic heterocycles. The zero-order valence-electron chi connectivity index (χ0n) is 11.0. The molecule has 1 aromatic rings. The van der Waals surface area contributed by atoms with E-state index in [-0.39, 0.29) is 11.9 Å². The van der Waals surface area contributed by atoms with Crippen LogP contribution >= 0.6 is 0 Å². The molecule has 1 N–H and O–H groups in total. The number of ether oxygens (including phenoxy) is 1. The summed E-state index contributed by atoms with van der Waals surface area (Å²) in [5.74, 6) is -0.395. The fourth-order valence-electron chi connectivity index (χ4n) is 1.48. The summed E-state index contributed by atoms with van der Waals surface area (Å²) in [6.07, 6.45) is 2.43. The van der Waals surface area contributed by atoms with Crippen molar-refractivity contribution in [1.82, 2.24) is 15.1 Å². The van der Waals surface area contributed by atoms with Crippen LogP contribution in [0.1, 0.15) is 35.8 Å². The number of rotatable bonds is 6. The maximum atomic E-state index is 11.8. The molecule has 0 unspecified atom stereocenters. The Labute approximate surface area is 106 Å². The Morgan fingerprint density at radius 2 is 2.22 bits per heavy atom. The molecular weight excluding hydrogens is 234 g/mol. The number of amides is 1. The highest BCUT2D eigenvalue weighted by molar-refractivity contribution is 5.95. The van der Waals surface area contributed by atoms with Crippen LogP contribution in [0.15, 0.2) is 6.20 Å². The van der Waals surface area contributed by atoms with Crippen LogP contribution in [0, 0.1) is 6.92 Å². The first-order chi connectivity index (χ1) is 8.56. The highest BCUT2D eigenvalue weighted by Gasteiger charge is 2.12. The van der Waals surface area contributed by atoms with Gasteiger partial charge in [-0.3, -0.25) is 14.3 Å². The second-order valence-corrected chi connectivity index (χ2v) is 3.93. The van der Waals surface area contributed by atoms with E-state index in [1.54, 1.807) is 18.7 Å². The molecule has 0 aromatic carbocycles. The number of nitrogens with zero attached hydrogens (tertiary/aromatic N) is 2. The van der Waals surface area contributed by atoms with E-state index in [0.717, 1.165) is 5.69 Å². The van der Waals surface area contributed by atoms with E-state index in [0.29, 0.717) is 31.6 Å². The van der Waals surface area contributed by atoms with Crippen molar-refractivity contribution in [3.8, 4) is 0 Å². The lowest BCUT2D eigenvalue weighted by atomic mass is 10.2. The minimum atomic E-state index is -0.232. The Morgan fingerprint density at radius 3 is 2.78 bits per heavy atom. The van der Waals surface area contributed by atoms with E-state index in [9.17, 15) is 9.59 Å². The van der Waals surface area contributed by atoms with Crippen molar-refractivity contribution in [1.29, 1.82) is 0 Å². The second-order valence-electron chi connectivity index (χ2n) is 3.93. The Kier molecular flexibility index (Phi) is 5.35. The zero-order chi connectivity index (χ0) is 13.5. The lowest BCUT2D eigenvalue weighted by Crippen LogP contribution is -2.25. The molecule has 6 nitrogen and oxygen atoms in total. The third-order valence-corrected chi connectivity index (χ3v) is 2.63. The molecular formula is C12H19N3O3. The highest BCUT2D eigenvalue weighted by atomic mass is 16.5. The van der Waals surface area contributed by atoms with Gasteiger partial charge in [0, 0.05) is 25.7 Å². The topological polar surface area (TPSA) is 73.2 Å². The number of carbonyl (C=O) groups excluding carboxylic acids is 2. The van der Waals surface area contributed by atoms with Crippen LogP contribution in [0.3, 0.4) is 0 Å². The average molecular weight is 253 g/mol. The Bertz CT molecular complexity index is 426. The molecule has 0 aliphatic heterocycles. The summed E-state index contributed by atoms with van der Waals surface area (Å²) in [4.78, 5) is 22.8. The van der Waals surface area contributed by atoms with Gasteiger partial charge >= 0.3 is 5.97 Å². The lowest BCUT2D eigenvalue weighted by Gasteiger charge is -2.04. The fourth-order valence-corrected chi connectivity index (χ4v) is 1.48. The van der Waals surface area contributed by atoms with Gasteiger partial charge in [-0.15, -0.1) is 0 Å². The van der Waals surface area contributed by atoms with Crippen LogP contribution < -0.4 is 5.32 Å². The van der Waals surface area contributed by atoms with Gasteiger partial charge in [-0.1, -0.05) is 0 Å². The second kappa shape index (κ2) is 6.78. The molecule has 0 saturated heterocycles. The van der Waals surface area contributed by atoms with E-state index in [2.05, 4.69) is 10.4 Å². The molecule has 0 aliphatic rings. The summed E-state index contributed by atoms with van der Waals surface area (Å²) in [7, 11) is 1.78. The predicted octanol–water partition coefficient (Wildman–Crippen LogP) is 0.802. The van der Waals surface area contributed by atoms with Crippen molar-refractivity contribution < 1.29 is 14.3 Å². The summed E-state index contributed by atoms with van der Waals surface area (Å²) < 4.78 is 6.44. The van der Waals surface area contributed by atoms with E-state index >= 15 is 0 Å². The third-order valence-electron chi connectivity index (χ3n) is 2.63. The van der Waals surface area contributed by atoms with Gasteiger partial charge in [0.2, 0.25) is 0 Å². The normalized spacial score (nSPS) is 10.2. The van der Waals surface area contributed by atoms with Crippen molar-refractivity contribution in [2.45, 2.75) is 26.7 Å². The van der Waals surface area contributed by atoms with Gasteiger partial charge in [0.25, 0.3) is 5.91 Å². The summed E-state index contributed by atoms with van der Waals surface area (Å²) in [6.45, 7) is 4.44. The first kappa shape index (κ1) is 14.2. The Morgan fingerprint density at radius 1 is 1.50 bits per heavy atom. The molecule has 100 valence electrons. The molecule has 0 saturated carbocycles. The monoisotopic (exact) mass is 253 g/mol. The number of hydrogen-bond acceptors (Lipinski definition) is 4. The molecule has 1 amide bonds. The molecule has 0 bridgehead atoms. The number of aromatic nitrogens is 2. The number of hydrogen-bond donors (Lipinski definition) is 1. The van der Waals surface area contributed by atoms with Crippen LogP contribution in [-0.2, 0) is 16.6 Å². The van der Waals surface area contributed by atoms with Crippen LogP contribution in [0.5, 0.6) is 0 Å². The van der Waals surface area contributed by atoms with Gasteiger partial charge in [-0.25, -0.2) is 0 Å². The molecule has 0 fully saturated rings. The van der Waals surface area contributed by atoms with Crippen LogP contribution in [0.4, 0.5) is 0 Å². The molecule has 0 atom stereocenters. The van der Waals surface area contributed by atoms with E-state index in [4.69, 9.17) is 4.74 Å². The Hall–Kier alpha value is -1.85. The molecule has 18 heavy (non-hydrogen) atoms. The standard InChI is InChI=1S/C12H19N3O3/c1-4-18-11(16)6-5-7-13-12(17)10-8-14-15(3)9(10)2/h8H,4-7H2,1-3H3,(H,13,17). The first-order valence-corrected chi connectivity index (χ1v) is 5.98. The molecule has 0 radical (unpaired) electrons. The molecule has 6 heteroatoms. The van der Waals surface area contributed by atoms with Gasteiger partial charge < -0.3 is 10.1 Å². The molecule has 0 spiro atoms. The third kappa shape index (κ3) is 3.87. The Balaban J connectivity index is 2.30. The maximum absolute atomic E-state index is 11.8. The summed E-state index contributed by atoms with van der Waals surface area (Å²) in [5, 5.41) is 6.75. The largest absolute Gasteiger partial charge is 0.466 e. The fraction of sp³-hybridized carbons (Fsp3) is 0.583. The van der Waals surface area contributed by atoms with Crippen molar-refractivity contribution in [2.75, 3.05) is 13.2 Å². The minimum absolute atomic E-state index is 0.163. The smallest absolute Gasteiger partial charge is 0.305 e. The lowest BCUT2D eigenvalue weighted by molar-refractivity contribution is -0.143. The van der Waals surface area contributed by atoms with Gasteiger partial charge in [0.15, 0.2) is 0 Å². The number of nitrogens with one attached hydrogen (secondary N) is 1. The molecule has 1 rings (SSSR count). The van der Waals surface area contributed by atoms with E-state index < -0.39 is 0 Å². The predicted molar refractivity (Wildman–Crippen MR) is 66.1 cm³/mol. The minimum Gasteiger partial charge on any atom is -0.466 e. The van der Waals surface area contributed by atoms with Crippen molar-refractivity contribution in [2.24, 2.45) is 7.05 Å². The highest BCUT2D eigenvalue weighted by Crippen LogP contribution is 2.05. The van der Waals surface area contributed by atoms with Crippen LogP contribution in [0.25, 0.3) is 0 Å². The zero-order valence-corrected chi connectivity index (χ0v) is 11.0. The molecule has 0 aliphatic carbocycles. The summed E-state index contributed by atoms with van der Waals surface area (Å²) >= 11 is 0. The van der Waals surface area contributed by atoms with E-state index in [1.165, 1.54) is 6.20 Å². The van der Waals surface area contributed by atoms with Gasteiger partial charge in [0.1, 0.15) is 0 Å². The van der Waals surface area contributed by atoms with Crippen LogP contribution in [0.2, 0.25) is 0 Å². The molecule has 1 heterocycles. The van der Waals surface area contributed by atoms with Crippen molar-refractivity contribution >= 4 is 11.9 Å². The number of esters is 1. The van der Waals surface area contributed by atoms with Crippen molar-refractivity contribution in [3.63, 3.8) is 0 Å². The van der Waals surface area contributed by atoms with Gasteiger partial charge in [0.05, 0.1) is 18.4 Å². The van der Waals surface area contributed by atoms with Gasteiger partial charge in [-0.2, -0.15) is 5.10 Å². The first-order valence-electron chi connectivity index (χ1n) is 5.98. The van der Waals surface area contributed by atoms with E-state index in [1.807, 2.05) is 6.92 Å². The number of aryl methyl sites for hydroxylation is 1. The SMILES string of the molecule is CCOC(=O)CCCNC(=O)c1cnn(C)c1C. The number of carbonyl (C=O) groups is 2. The summed E-state index contributed by atoms with van der Waals surface area (Å²) in [5.41, 5.74) is 1.38. The quantitative estimate of drug-likeness (QED) is 0.601. The van der Waals surface area contributed by atoms with Gasteiger partial charge in [-0.05, 0) is 20.3 Å². The summed E-state index contributed by atoms with van der Waals surface area (Å²) in [6, 6.07) is 0. The van der Waals surface area contributed by atoms with Crippen LogP contribution in [-0.4, -0.2) is 34.8 Å². The average Bonchev–Trinajstić information content (AvgIpc) is 2.66. The maximum Gasteiger partial charge on any atom is 0.305 e. The van der Waals surface area contributed by atoms with Crippen molar-refractivity contribution in [3.05, 3.63) is 17.5 Å².